The Bertz CT molecular complexity index is 403. The first-order chi connectivity index (χ1) is 8.56. The third-order valence-corrected chi connectivity index (χ3v) is 4.41. The zero-order valence-electron chi connectivity index (χ0n) is 11.5. The maximum absolute atomic E-state index is 3.63. The second kappa shape index (κ2) is 6.07. The third-order valence-electron chi connectivity index (χ3n) is 3.52. The Morgan fingerprint density at radius 2 is 2.22 bits per heavy atom. The number of rotatable bonds is 3. The van der Waals surface area contributed by atoms with Crippen molar-refractivity contribution >= 4 is 21.6 Å². The number of nitrogens with one attached hydrogen (secondary N) is 1. The Hall–Kier alpha value is -0.540. The van der Waals surface area contributed by atoms with E-state index in [0.717, 1.165) is 25.6 Å². The summed E-state index contributed by atoms with van der Waals surface area (Å²) < 4.78 is 1.19. The third kappa shape index (κ3) is 3.48. The highest BCUT2D eigenvalue weighted by atomic mass is 79.9. The standard InChI is InChI=1S/C15H23BrN2/c1-11(2)8-13-10-18(7-6-17-13)14-4-5-15(16)12(3)9-14/h4-5,9,11,13,17H,6-8,10H2,1-3H3. The number of aryl methyl sites for hydroxylation is 1. The van der Waals surface area contributed by atoms with Gasteiger partial charge < -0.3 is 10.2 Å². The Balaban J connectivity index is 2.05. The maximum atomic E-state index is 3.63. The molecule has 1 heterocycles. The molecular formula is C15H23BrN2. The maximum Gasteiger partial charge on any atom is 0.0370 e. The molecule has 2 nitrogen and oxygen atoms in total. The molecule has 1 fully saturated rings. The molecule has 18 heavy (non-hydrogen) atoms. The van der Waals surface area contributed by atoms with Gasteiger partial charge in [0.25, 0.3) is 0 Å². The molecule has 1 N–H and O–H groups in total. The quantitative estimate of drug-likeness (QED) is 0.918. The summed E-state index contributed by atoms with van der Waals surface area (Å²) >= 11 is 3.57. The topological polar surface area (TPSA) is 15.3 Å². The van der Waals surface area contributed by atoms with E-state index in [2.05, 4.69) is 65.1 Å². The first kappa shape index (κ1) is 13.9. The van der Waals surface area contributed by atoms with Crippen molar-refractivity contribution in [2.45, 2.75) is 33.2 Å². The number of benzene rings is 1. The van der Waals surface area contributed by atoms with Crippen LogP contribution in [-0.2, 0) is 0 Å². The van der Waals surface area contributed by atoms with E-state index in [9.17, 15) is 0 Å². The summed E-state index contributed by atoms with van der Waals surface area (Å²) in [4.78, 5) is 2.50. The van der Waals surface area contributed by atoms with Crippen LogP contribution in [0.15, 0.2) is 22.7 Å². The second-order valence-electron chi connectivity index (χ2n) is 5.66. The van der Waals surface area contributed by atoms with Crippen LogP contribution in [0.25, 0.3) is 0 Å². The highest BCUT2D eigenvalue weighted by molar-refractivity contribution is 9.10. The summed E-state index contributed by atoms with van der Waals surface area (Å²) in [5, 5.41) is 3.63. The molecule has 100 valence electrons. The summed E-state index contributed by atoms with van der Waals surface area (Å²) in [6, 6.07) is 7.28. The van der Waals surface area contributed by atoms with E-state index >= 15 is 0 Å². The smallest absolute Gasteiger partial charge is 0.0370 e. The van der Waals surface area contributed by atoms with Gasteiger partial charge in [0.1, 0.15) is 0 Å². The van der Waals surface area contributed by atoms with Gasteiger partial charge in [-0.15, -0.1) is 0 Å². The molecule has 0 amide bonds. The second-order valence-corrected chi connectivity index (χ2v) is 6.51. The molecule has 0 radical (unpaired) electrons. The Morgan fingerprint density at radius 3 is 2.89 bits per heavy atom. The Morgan fingerprint density at radius 1 is 1.44 bits per heavy atom. The molecule has 0 saturated carbocycles. The average molecular weight is 311 g/mol. The summed E-state index contributed by atoms with van der Waals surface area (Å²) in [5.74, 6) is 0.758. The van der Waals surface area contributed by atoms with E-state index in [-0.39, 0.29) is 0 Å². The molecule has 2 rings (SSSR count). The van der Waals surface area contributed by atoms with Crippen molar-refractivity contribution in [1.29, 1.82) is 0 Å². The fourth-order valence-corrected chi connectivity index (χ4v) is 2.86. The number of halogens is 1. The lowest BCUT2D eigenvalue weighted by Crippen LogP contribution is -2.51. The van der Waals surface area contributed by atoms with Crippen LogP contribution < -0.4 is 10.2 Å². The van der Waals surface area contributed by atoms with Crippen molar-refractivity contribution in [3.05, 3.63) is 28.2 Å². The largest absolute Gasteiger partial charge is 0.369 e. The predicted molar refractivity (Wildman–Crippen MR) is 82.3 cm³/mol. The van der Waals surface area contributed by atoms with Crippen LogP contribution in [-0.4, -0.2) is 25.7 Å². The molecule has 1 saturated heterocycles. The van der Waals surface area contributed by atoms with Gasteiger partial charge in [0, 0.05) is 35.8 Å². The van der Waals surface area contributed by atoms with Crippen LogP contribution in [0, 0.1) is 12.8 Å². The number of nitrogens with zero attached hydrogens (tertiary/aromatic N) is 1. The minimum absolute atomic E-state index is 0.628. The van der Waals surface area contributed by atoms with Gasteiger partial charge in [-0.2, -0.15) is 0 Å². The monoisotopic (exact) mass is 310 g/mol. The zero-order chi connectivity index (χ0) is 13.1. The van der Waals surface area contributed by atoms with Gasteiger partial charge in [0.05, 0.1) is 0 Å². The number of hydrogen-bond donors (Lipinski definition) is 1. The van der Waals surface area contributed by atoms with Crippen molar-refractivity contribution in [1.82, 2.24) is 5.32 Å². The van der Waals surface area contributed by atoms with Crippen LogP contribution in [0.4, 0.5) is 5.69 Å². The average Bonchev–Trinajstić information content (AvgIpc) is 2.32. The summed E-state index contributed by atoms with van der Waals surface area (Å²) in [5.41, 5.74) is 2.66. The fourth-order valence-electron chi connectivity index (χ4n) is 2.61. The molecule has 1 unspecified atom stereocenters. The van der Waals surface area contributed by atoms with Crippen molar-refractivity contribution in [2.24, 2.45) is 5.92 Å². The predicted octanol–water partition coefficient (Wildman–Crippen LogP) is 3.58. The van der Waals surface area contributed by atoms with E-state index in [1.54, 1.807) is 0 Å². The SMILES string of the molecule is Cc1cc(N2CCNC(CC(C)C)C2)ccc1Br. The van der Waals surface area contributed by atoms with Crippen molar-refractivity contribution < 1.29 is 0 Å². The lowest BCUT2D eigenvalue weighted by molar-refractivity contribution is 0.388. The molecule has 0 aliphatic carbocycles. The number of piperazine rings is 1. The van der Waals surface area contributed by atoms with Crippen molar-refractivity contribution in [2.75, 3.05) is 24.5 Å². The van der Waals surface area contributed by atoms with Gasteiger partial charge in [0.15, 0.2) is 0 Å². The van der Waals surface area contributed by atoms with Crippen LogP contribution in [0.3, 0.4) is 0 Å². The lowest BCUT2D eigenvalue weighted by Gasteiger charge is -2.36. The zero-order valence-corrected chi connectivity index (χ0v) is 13.1. The van der Waals surface area contributed by atoms with Gasteiger partial charge in [0.2, 0.25) is 0 Å². The van der Waals surface area contributed by atoms with E-state index in [0.29, 0.717) is 6.04 Å². The molecular weight excluding hydrogens is 288 g/mol. The minimum atomic E-state index is 0.628. The van der Waals surface area contributed by atoms with Crippen molar-refractivity contribution in [3.63, 3.8) is 0 Å². The van der Waals surface area contributed by atoms with Crippen LogP contribution in [0.1, 0.15) is 25.8 Å². The molecule has 1 aliphatic rings. The number of anilines is 1. The molecule has 0 aromatic heterocycles. The van der Waals surface area contributed by atoms with Gasteiger partial charge in [-0.3, -0.25) is 0 Å². The summed E-state index contributed by atoms with van der Waals surface area (Å²) in [7, 11) is 0. The van der Waals surface area contributed by atoms with Crippen molar-refractivity contribution in [3.8, 4) is 0 Å². The minimum Gasteiger partial charge on any atom is -0.369 e. The van der Waals surface area contributed by atoms with Crippen LogP contribution in [0.2, 0.25) is 0 Å². The fraction of sp³-hybridized carbons (Fsp3) is 0.600. The molecule has 1 atom stereocenters. The highest BCUT2D eigenvalue weighted by Crippen LogP contribution is 2.24. The highest BCUT2D eigenvalue weighted by Gasteiger charge is 2.20. The molecule has 0 bridgehead atoms. The first-order valence-electron chi connectivity index (χ1n) is 6.80. The molecule has 1 aromatic carbocycles. The van der Waals surface area contributed by atoms with E-state index in [4.69, 9.17) is 0 Å². The van der Waals surface area contributed by atoms with Gasteiger partial charge in [-0.1, -0.05) is 29.8 Å². The van der Waals surface area contributed by atoms with Gasteiger partial charge in [-0.05, 0) is 43.0 Å². The molecule has 1 aromatic rings. The van der Waals surface area contributed by atoms with E-state index in [1.807, 2.05) is 0 Å². The Labute approximate surface area is 119 Å². The van der Waals surface area contributed by atoms with Crippen LogP contribution in [0.5, 0.6) is 0 Å². The lowest BCUT2D eigenvalue weighted by atomic mass is 10.0. The normalized spacial score (nSPS) is 20.5. The van der Waals surface area contributed by atoms with Crippen LogP contribution >= 0.6 is 15.9 Å². The van der Waals surface area contributed by atoms with Gasteiger partial charge >= 0.3 is 0 Å². The summed E-state index contributed by atoms with van der Waals surface area (Å²) in [6.07, 6.45) is 1.26. The van der Waals surface area contributed by atoms with Gasteiger partial charge in [-0.25, -0.2) is 0 Å². The van der Waals surface area contributed by atoms with E-state index in [1.165, 1.54) is 22.1 Å². The van der Waals surface area contributed by atoms with E-state index < -0.39 is 0 Å². The molecule has 1 aliphatic heterocycles. The summed E-state index contributed by atoms with van der Waals surface area (Å²) in [6.45, 7) is 10.1. The Kier molecular flexibility index (Phi) is 4.68. The first-order valence-corrected chi connectivity index (χ1v) is 7.60. The molecule has 0 spiro atoms. The number of hydrogen-bond acceptors (Lipinski definition) is 2. The molecule has 3 heteroatoms.